The second-order valence-corrected chi connectivity index (χ2v) is 2.57. The Morgan fingerprint density at radius 2 is 2.38 bits per heavy atom. The molecule has 1 rings (SSSR count). The van der Waals surface area contributed by atoms with Crippen LogP contribution in [0.4, 0.5) is 0 Å². The highest BCUT2D eigenvalue weighted by Crippen LogP contribution is 2.10. The van der Waals surface area contributed by atoms with Gasteiger partial charge in [-0.15, -0.1) is 0 Å². The van der Waals surface area contributed by atoms with Crippen LogP contribution in [-0.2, 0) is 11.2 Å². The molecule has 3 heteroatoms. The summed E-state index contributed by atoms with van der Waals surface area (Å²) in [5.41, 5.74) is 5.27. The predicted octanol–water partition coefficient (Wildman–Crippen LogP) is 0.851. The van der Waals surface area contributed by atoms with Crippen LogP contribution in [0.25, 0.3) is 0 Å². The smallest absolute Gasteiger partial charge is 0.146 e. The van der Waals surface area contributed by atoms with Gasteiger partial charge in [-0.25, -0.2) is 0 Å². The normalized spacial score (nSPS) is 21.7. The highest BCUT2D eigenvalue weighted by molar-refractivity contribution is 5.81. The molecule has 0 radical (unpaired) electrons. The average Bonchev–Trinajstić information content (AvgIpc) is 2.15. The molecule has 0 aliphatic carbocycles. The molecular weight excluding hydrogens is 166 g/mol. The number of Topliss-reactive ketones (excluding diaryl/α,β-unsaturated/α-hetero) is 1. The third-order valence-corrected chi connectivity index (χ3v) is 1.46. The molecule has 1 unspecified atom stereocenters. The maximum atomic E-state index is 11.2. The standard InChI is InChI=1S/C10H13NO2/c1-7(12)10(11)6-8-2-4-9(13)5-3-8/h2-5,10,13H,6,11H2,1H3/t10-/m0/s1/i2D,3D,6D,10D/t6?,10-. The molecule has 1 aromatic rings. The lowest BCUT2D eigenvalue weighted by molar-refractivity contribution is -0.118. The molecule has 0 saturated carbocycles. The summed E-state index contributed by atoms with van der Waals surface area (Å²) in [6.07, 6.45) is -1.54. The van der Waals surface area contributed by atoms with Crippen LogP contribution < -0.4 is 5.73 Å². The fourth-order valence-electron chi connectivity index (χ4n) is 0.727. The second kappa shape index (κ2) is 4.05. The number of hydrogen-bond acceptors (Lipinski definition) is 3. The number of carbonyl (C=O) groups is 1. The molecule has 0 heterocycles. The predicted molar refractivity (Wildman–Crippen MR) is 50.5 cm³/mol. The summed E-state index contributed by atoms with van der Waals surface area (Å²) < 4.78 is 30.4. The Hall–Kier alpha value is -1.35. The molecule has 0 bridgehead atoms. The third kappa shape index (κ3) is 2.87. The fraction of sp³-hybridized carbons (Fsp3) is 0.300. The summed E-state index contributed by atoms with van der Waals surface area (Å²) in [6.45, 7) is 1.09. The first-order valence-electron chi connectivity index (χ1n) is 5.78. The van der Waals surface area contributed by atoms with Crippen molar-refractivity contribution in [2.75, 3.05) is 0 Å². The van der Waals surface area contributed by atoms with E-state index >= 15 is 0 Å². The van der Waals surface area contributed by atoms with Crippen molar-refractivity contribution in [2.24, 2.45) is 5.73 Å². The molecule has 70 valence electrons. The Bertz CT molecular complexity index is 439. The lowest BCUT2D eigenvalue weighted by Crippen LogP contribution is -2.30. The number of carbonyl (C=O) groups excluding carboxylic acids is 1. The van der Waals surface area contributed by atoms with E-state index in [2.05, 4.69) is 0 Å². The Kier molecular flexibility index (Phi) is 1.68. The minimum Gasteiger partial charge on any atom is -0.508 e. The van der Waals surface area contributed by atoms with E-state index in [1.165, 1.54) is 0 Å². The maximum Gasteiger partial charge on any atom is 0.146 e. The van der Waals surface area contributed by atoms with Crippen molar-refractivity contribution in [3.05, 3.63) is 29.8 Å². The first-order valence-corrected chi connectivity index (χ1v) is 3.70. The number of phenols is 1. The van der Waals surface area contributed by atoms with Crippen LogP contribution in [0.1, 0.15) is 18.0 Å². The summed E-state index contributed by atoms with van der Waals surface area (Å²) in [5.74, 6) is -0.990. The lowest BCUT2D eigenvalue weighted by Gasteiger charge is -2.07. The molecule has 3 N–H and O–H groups in total. The summed E-state index contributed by atoms with van der Waals surface area (Å²) in [5, 5.41) is 9.17. The molecule has 0 amide bonds. The summed E-state index contributed by atoms with van der Waals surface area (Å²) >= 11 is 0. The summed E-state index contributed by atoms with van der Waals surface area (Å²) in [7, 11) is 0. The third-order valence-electron chi connectivity index (χ3n) is 1.46. The second-order valence-electron chi connectivity index (χ2n) is 2.57. The van der Waals surface area contributed by atoms with Gasteiger partial charge in [0.05, 0.1) is 10.1 Å². The van der Waals surface area contributed by atoms with E-state index in [-0.39, 0.29) is 23.4 Å². The minimum atomic E-state index is -2.21. The largest absolute Gasteiger partial charge is 0.508 e. The zero-order chi connectivity index (χ0) is 13.4. The van der Waals surface area contributed by atoms with Crippen LogP contribution in [0, 0.1) is 0 Å². The average molecular weight is 183 g/mol. The van der Waals surface area contributed by atoms with Crippen molar-refractivity contribution >= 4 is 5.78 Å². The van der Waals surface area contributed by atoms with Crippen molar-refractivity contribution in [2.45, 2.75) is 19.3 Å². The van der Waals surface area contributed by atoms with Crippen molar-refractivity contribution in [1.29, 1.82) is 0 Å². The van der Waals surface area contributed by atoms with E-state index in [4.69, 9.17) is 16.3 Å². The van der Waals surface area contributed by atoms with Crippen LogP contribution in [0.3, 0.4) is 0 Å². The Morgan fingerprint density at radius 3 is 2.85 bits per heavy atom. The Labute approximate surface area is 82.8 Å². The van der Waals surface area contributed by atoms with Gasteiger partial charge in [0.25, 0.3) is 0 Å². The van der Waals surface area contributed by atoms with Gasteiger partial charge < -0.3 is 10.8 Å². The van der Waals surface area contributed by atoms with Crippen LogP contribution in [-0.4, -0.2) is 16.9 Å². The lowest BCUT2D eigenvalue weighted by atomic mass is 10.0. The molecule has 0 aliphatic heterocycles. The van der Waals surface area contributed by atoms with Gasteiger partial charge in [-0.05, 0) is 31.0 Å². The molecule has 13 heavy (non-hydrogen) atoms. The highest BCUT2D eigenvalue weighted by atomic mass is 16.3. The molecule has 1 aromatic carbocycles. The molecule has 0 aromatic heterocycles. The quantitative estimate of drug-likeness (QED) is 0.730. The number of nitrogens with two attached hydrogens (primary N) is 1. The van der Waals surface area contributed by atoms with Gasteiger partial charge in [-0.2, -0.15) is 0 Å². The topological polar surface area (TPSA) is 63.3 Å². The fourth-order valence-corrected chi connectivity index (χ4v) is 0.727. The number of aromatic hydroxyl groups is 1. The molecule has 0 aliphatic rings. The Balaban J connectivity index is 3.31. The van der Waals surface area contributed by atoms with Crippen molar-refractivity contribution in [3.8, 4) is 5.75 Å². The number of ketones is 1. The van der Waals surface area contributed by atoms with Gasteiger partial charge in [0.15, 0.2) is 0 Å². The van der Waals surface area contributed by atoms with Gasteiger partial charge in [0, 0.05) is 1.37 Å². The number of rotatable bonds is 3. The van der Waals surface area contributed by atoms with Crippen LogP contribution in [0.2, 0.25) is 0 Å². The molecule has 3 nitrogen and oxygen atoms in total. The molecule has 0 fully saturated rings. The van der Waals surface area contributed by atoms with Crippen LogP contribution in [0.15, 0.2) is 24.2 Å². The van der Waals surface area contributed by atoms with Gasteiger partial charge in [0.1, 0.15) is 11.5 Å². The monoisotopic (exact) mass is 183 g/mol. The van der Waals surface area contributed by atoms with Crippen molar-refractivity contribution < 1.29 is 15.4 Å². The zero-order valence-corrected chi connectivity index (χ0v) is 7.16. The van der Waals surface area contributed by atoms with Gasteiger partial charge in [-0.3, -0.25) is 4.79 Å². The first-order chi connectivity index (χ1) is 7.67. The molecular formula is C10H13NO2. The zero-order valence-electron chi connectivity index (χ0n) is 11.2. The van der Waals surface area contributed by atoms with E-state index in [1.807, 2.05) is 0 Å². The Morgan fingerprint density at radius 1 is 1.85 bits per heavy atom. The number of benzene rings is 1. The minimum absolute atomic E-state index is 0.143. The SMILES string of the molecule is [2H]c1cc(O)cc([2H])c1C([2H])[C@]([2H])(N)C(C)=O. The first kappa shape index (κ1) is 5.40. The highest BCUT2D eigenvalue weighted by Gasteiger charge is 2.08. The number of phenolic OH excluding ortho intramolecular Hbond substituents is 1. The van der Waals surface area contributed by atoms with E-state index in [1.54, 1.807) is 0 Å². The summed E-state index contributed by atoms with van der Waals surface area (Å²) in [6, 6.07) is -0.671. The van der Waals surface area contributed by atoms with Gasteiger partial charge in [-0.1, -0.05) is 12.1 Å². The van der Waals surface area contributed by atoms with Gasteiger partial charge >= 0.3 is 0 Å². The van der Waals surface area contributed by atoms with Crippen molar-refractivity contribution in [3.63, 3.8) is 0 Å². The van der Waals surface area contributed by atoms with Gasteiger partial charge in [0.2, 0.25) is 0 Å². The maximum absolute atomic E-state index is 11.2. The summed E-state index contributed by atoms with van der Waals surface area (Å²) in [4.78, 5) is 11.2. The van der Waals surface area contributed by atoms with Crippen LogP contribution in [0.5, 0.6) is 5.75 Å². The van der Waals surface area contributed by atoms with E-state index in [0.717, 1.165) is 19.1 Å². The van der Waals surface area contributed by atoms with E-state index in [0.29, 0.717) is 0 Å². The van der Waals surface area contributed by atoms with Crippen molar-refractivity contribution in [1.82, 2.24) is 0 Å². The van der Waals surface area contributed by atoms with E-state index in [9.17, 15) is 4.79 Å². The van der Waals surface area contributed by atoms with Crippen LogP contribution >= 0.6 is 0 Å². The molecule has 2 atom stereocenters. The molecule has 0 spiro atoms. The number of hydrogen-bond donors (Lipinski definition) is 2. The van der Waals surface area contributed by atoms with E-state index < -0.39 is 18.2 Å². The molecule has 0 saturated heterocycles.